The Hall–Kier alpha value is -1.85. The minimum Gasteiger partial charge on any atom is -0.478 e. The highest BCUT2D eigenvalue weighted by molar-refractivity contribution is 7.16. The highest BCUT2D eigenvalue weighted by atomic mass is 35.5. The average Bonchev–Trinajstić information content (AvgIpc) is 2.97. The first-order chi connectivity index (χ1) is 9.15. The summed E-state index contributed by atoms with van der Waals surface area (Å²) in [7, 11) is 0. The van der Waals surface area contributed by atoms with E-state index in [9.17, 15) is 9.90 Å². The van der Waals surface area contributed by atoms with Gasteiger partial charge in [0.1, 0.15) is 0 Å². The van der Waals surface area contributed by atoms with Crippen molar-refractivity contribution < 1.29 is 9.90 Å². The van der Waals surface area contributed by atoms with E-state index < -0.39 is 5.97 Å². The first-order valence-electron chi connectivity index (χ1n) is 5.56. The van der Waals surface area contributed by atoms with E-state index in [0.717, 1.165) is 9.21 Å². The van der Waals surface area contributed by atoms with E-state index in [2.05, 4.69) is 4.98 Å². The van der Waals surface area contributed by atoms with Crippen LogP contribution in [-0.2, 0) is 6.54 Å². The molecule has 6 heteroatoms. The number of benzene rings is 1. The molecule has 0 aliphatic heterocycles. The number of aromatic nitrogens is 2. The maximum absolute atomic E-state index is 11.3. The zero-order valence-electron chi connectivity index (χ0n) is 9.71. The monoisotopic (exact) mass is 292 g/mol. The fourth-order valence-electron chi connectivity index (χ4n) is 2.02. The molecule has 19 heavy (non-hydrogen) atoms. The smallest absolute Gasteiger partial charge is 0.337 e. The Morgan fingerprint density at radius 3 is 2.89 bits per heavy atom. The number of hydrogen-bond donors (Lipinski definition) is 1. The molecule has 4 nitrogen and oxygen atoms in total. The molecule has 0 fully saturated rings. The number of thiophene rings is 1. The van der Waals surface area contributed by atoms with Gasteiger partial charge in [-0.05, 0) is 24.3 Å². The van der Waals surface area contributed by atoms with Crippen LogP contribution < -0.4 is 0 Å². The zero-order chi connectivity index (χ0) is 13.4. The number of aromatic carboxylic acids is 1. The fourth-order valence-corrected chi connectivity index (χ4v) is 3.11. The second-order valence-electron chi connectivity index (χ2n) is 4.06. The number of fused-ring (bicyclic) bond motifs is 1. The Morgan fingerprint density at radius 2 is 2.21 bits per heavy atom. The molecule has 1 aromatic carbocycles. The average molecular weight is 293 g/mol. The van der Waals surface area contributed by atoms with Gasteiger partial charge in [0.2, 0.25) is 0 Å². The van der Waals surface area contributed by atoms with Crippen LogP contribution in [0.4, 0.5) is 0 Å². The van der Waals surface area contributed by atoms with Gasteiger partial charge in [0.15, 0.2) is 0 Å². The Labute approximate surface area is 117 Å². The first-order valence-corrected chi connectivity index (χ1v) is 6.76. The number of carboxylic acids is 1. The van der Waals surface area contributed by atoms with E-state index in [-0.39, 0.29) is 5.56 Å². The first kappa shape index (κ1) is 12.2. The molecule has 96 valence electrons. The summed E-state index contributed by atoms with van der Waals surface area (Å²) < 4.78 is 2.55. The SMILES string of the molecule is O=C(O)c1cccc2ncn(Cc3ccc(Cl)s3)c12. The minimum absolute atomic E-state index is 0.262. The van der Waals surface area contributed by atoms with Gasteiger partial charge in [0.25, 0.3) is 0 Å². The van der Waals surface area contributed by atoms with Gasteiger partial charge < -0.3 is 9.67 Å². The number of nitrogens with zero attached hydrogens (tertiary/aromatic N) is 2. The molecule has 1 N–H and O–H groups in total. The molecule has 0 saturated carbocycles. The number of rotatable bonds is 3. The number of halogens is 1. The Kier molecular flexibility index (Phi) is 3.00. The molecular weight excluding hydrogens is 284 g/mol. The van der Waals surface area contributed by atoms with E-state index in [1.807, 2.05) is 16.7 Å². The molecule has 3 rings (SSSR count). The van der Waals surface area contributed by atoms with Crippen LogP contribution in [-0.4, -0.2) is 20.6 Å². The van der Waals surface area contributed by atoms with Crippen LogP contribution in [0.25, 0.3) is 11.0 Å². The van der Waals surface area contributed by atoms with Gasteiger partial charge in [-0.25, -0.2) is 9.78 Å². The molecule has 2 heterocycles. The van der Waals surface area contributed by atoms with Crippen molar-refractivity contribution in [3.8, 4) is 0 Å². The van der Waals surface area contributed by atoms with Crippen molar-refractivity contribution >= 4 is 39.9 Å². The Balaban J connectivity index is 2.11. The predicted octanol–water partition coefficient (Wildman–Crippen LogP) is 3.50. The highest BCUT2D eigenvalue weighted by Gasteiger charge is 2.13. The van der Waals surface area contributed by atoms with Crippen LogP contribution in [0.1, 0.15) is 15.2 Å². The van der Waals surface area contributed by atoms with Crippen molar-refractivity contribution in [1.29, 1.82) is 0 Å². The lowest BCUT2D eigenvalue weighted by molar-refractivity contribution is 0.0698. The van der Waals surface area contributed by atoms with E-state index in [1.54, 1.807) is 24.5 Å². The van der Waals surface area contributed by atoms with Crippen LogP contribution in [0.3, 0.4) is 0 Å². The molecule has 0 atom stereocenters. The van der Waals surface area contributed by atoms with Crippen molar-refractivity contribution in [1.82, 2.24) is 9.55 Å². The number of para-hydroxylation sites is 1. The summed E-state index contributed by atoms with van der Waals surface area (Å²) in [6.45, 7) is 0.568. The summed E-state index contributed by atoms with van der Waals surface area (Å²) in [5.74, 6) is -0.948. The normalized spacial score (nSPS) is 11.0. The summed E-state index contributed by atoms with van der Waals surface area (Å²) >= 11 is 7.38. The molecule has 0 bridgehead atoms. The third-order valence-corrected chi connectivity index (χ3v) is 4.04. The number of hydrogen-bond acceptors (Lipinski definition) is 3. The van der Waals surface area contributed by atoms with E-state index in [1.165, 1.54) is 11.3 Å². The second-order valence-corrected chi connectivity index (χ2v) is 5.86. The summed E-state index contributed by atoms with van der Waals surface area (Å²) in [6, 6.07) is 8.86. The third kappa shape index (κ3) is 2.22. The minimum atomic E-state index is -0.948. The van der Waals surface area contributed by atoms with Gasteiger partial charge in [-0.3, -0.25) is 0 Å². The standard InChI is InChI=1S/C13H9ClN2O2S/c14-11-5-4-8(19-11)6-16-7-15-10-3-1-2-9(12(10)16)13(17)18/h1-5,7H,6H2,(H,17,18). The molecule has 0 radical (unpaired) electrons. The van der Waals surface area contributed by atoms with Crippen molar-refractivity contribution in [2.75, 3.05) is 0 Å². The third-order valence-electron chi connectivity index (χ3n) is 2.82. The van der Waals surface area contributed by atoms with Gasteiger partial charge in [0.05, 0.1) is 33.8 Å². The molecular formula is C13H9ClN2O2S. The van der Waals surface area contributed by atoms with Crippen LogP contribution in [0.15, 0.2) is 36.7 Å². The Morgan fingerprint density at radius 1 is 1.37 bits per heavy atom. The van der Waals surface area contributed by atoms with Gasteiger partial charge in [0, 0.05) is 4.88 Å². The lowest BCUT2D eigenvalue weighted by atomic mass is 10.2. The summed E-state index contributed by atoms with van der Waals surface area (Å²) in [6.07, 6.45) is 1.66. The fraction of sp³-hybridized carbons (Fsp3) is 0.0769. The quantitative estimate of drug-likeness (QED) is 0.804. The number of carboxylic acid groups (broad SMARTS) is 1. The summed E-state index contributed by atoms with van der Waals surface area (Å²) in [4.78, 5) is 16.6. The van der Waals surface area contributed by atoms with E-state index >= 15 is 0 Å². The zero-order valence-corrected chi connectivity index (χ0v) is 11.3. The number of carbonyl (C=O) groups is 1. The van der Waals surface area contributed by atoms with Crippen molar-refractivity contribution in [3.63, 3.8) is 0 Å². The maximum atomic E-state index is 11.3. The molecule has 0 aliphatic carbocycles. The van der Waals surface area contributed by atoms with E-state index in [4.69, 9.17) is 11.6 Å². The van der Waals surface area contributed by atoms with Crippen LogP contribution in [0.5, 0.6) is 0 Å². The largest absolute Gasteiger partial charge is 0.478 e. The number of imidazole rings is 1. The molecule has 0 saturated heterocycles. The lowest BCUT2D eigenvalue weighted by Gasteiger charge is -2.04. The van der Waals surface area contributed by atoms with Gasteiger partial charge >= 0.3 is 5.97 Å². The Bertz CT molecular complexity index is 763. The molecule has 0 amide bonds. The van der Waals surface area contributed by atoms with Gasteiger partial charge in [-0.15, -0.1) is 11.3 Å². The van der Waals surface area contributed by atoms with Crippen molar-refractivity contribution in [2.45, 2.75) is 6.54 Å². The highest BCUT2D eigenvalue weighted by Crippen LogP contribution is 2.24. The topological polar surface area (TPSA) is 55.1 Å². The van der Waals surface area contributed by atoms with Crippen molar-refractivity contribution in [2.24, 2.45) is 0 Å². The van der Waals surface area contributed by atoms with Crippen LogP contribution in [0, 0.1) is 0 Å². The van der Waals surface area contributed by atoms with Crippen molar-refractivity contribution in [3.05, 3.63) is 51.4 Å². The molecule has 2 aromatic heterocycles. The lowest BCUT2D eigenvalue weighted by Crippen LogP contribution is -2.03. The summed E-state index contributed by atoms with van der Waals surface area (Å²) in [5, 5.41) is 9.24. The van der Waals surface area contributed by atoms with Gasteiger partial charge in [-0.2, -0.15) is 0 Å². The molecule has 0 unspecified atom stereocenters. The molecule has 3 aromatic rings. The second kappa shape index (κ2) is 4.68. The maximum Gasteiger partial charge on any atom is 0.337 e. The molecule has 0 spiro atoms. The molecule has 0 aliphatic rings. The van der Waals surface area contributed by atoms with E-state index in [0.29, 0.717) is 17.6 Å². The predicted molar refractivity (Wildman–Crippen MR) is 75.1 cm³/mol. The van der Waals surface area contributed by atoms with Crippen LogP contribution >= 0.6 is 22.9 Å². The van der Waals surface area contributed by atoms with Gasteiger partial charge in [-0.1, -0.05) is 17.7 Å². The summed E-state index contributed by atoms with van der Waals surface area (Å²) in [5.41, 5.74) is 1.58. The van der Waals surface area contributed by atoms with Crippen LogP contribution in [0.2, 0.25) is 4.34 Å².